The lowest BCUT2D eigenvalue weighted by Crippen LogP contribution is -2.46. The number of primary amides is 1. The van der Waals surface area contributed by atoms with E-state index in [4.69, 9.17) is 5.73 Å². The van der Waals surface area contributed by atoms with Gasteiger partial charge in [-0.25, -0.2) is 0 Å². The van der Waals surface area contributed by atoms with Crippen molar-refractivity contribution in [3.8, 4) is 0 Å². The van der Waals surface area contributed by atoms with Crippen molar-refractivity contribution < 1.29 is 22.8 Å². The number of nitrogens with two attached hydrogens (primary N) is 1. The molecular formula is C14H14F3N3O2. The van der Waals surface area contributed by atoms with E-state index in [0.717, 1.165) is 18.3 Å². The third kappa shape index (κ3) is 3.63. The van der Waals surface area contributed by atoms with Crippen LogP contribution in [0.4, 0.5) is 13.2 Å². The summed E-state index contributed by atoms with van der Waals surface area (Å²) in [6, 6.07) is 1.31. The third-order valence-electron chi connectivity index (χ3n) is 3.43. The summed E-state index contributed by atoms with van der Waals surface area (Å²) in [5, 5.41) is 2.61. The van der Waals surface area contributed by atoms with E-state index in [1.165, 1.54) is 0 Å². The first-order valence-corrected chi connectivity index (χ1v) is 6.57. The van der Waals surface area contributed by atoms with Crippen molar-refractivity contribution in [1.29, 1.82) is 0 Å². The normalized spacial score (nSPS) is 21.4. The smallest absolute Gasteiger partial charge is 0.369 e. The largest absolute Gasteiger partial charge is 0.433 e. The first-order valence-electron chi connectivity index (χ1n) is 6.57. The highest BCUT2D eigenvalue weighted by atomic mass is 19.4. The van der Waals surface area contributed by atoms with E-state index in [2.05, 4.69) is 10.3 Å². The molecule has 118 valence electrons. The Bertz CT molecular complexity index is 596. The van der Waals surface area contributed by atoms with Gasteiger partial charge in [0, 0.05) is 12.2 Å². The molecule has 3 N–H and O–H groups in total. The van der Waals surface area contributed by atoms with Crippen molar-refractivity contribution in [3.05, 3.63) is 41.7 Å². The number of halogens is 3. The van der Waals surface area contributed by atoms with Crippen molar-refractivity contribution in [2.75, 3.05) is 0 Å². The van der Waals surface area contributed by atoms with Gasteiger partial charge in [0.1, 0.15) is 5.69 Å². The van der Waals surface area contributed by atoms with Crippen LogP contribution in [0.5, 0.6) is 0 Å². The maximum Gasteiger partial charge on any atom is 0.433 e. The van der Waals surface area contributed by atoms with Crippen LogP contribution in [0.1, 0.15) is 28.9 Å². The van der Waals surface area contributed by atoms with E-state index in [9.17, 15) is 22.8 Å². The second-order valence-electron chi connectivity index (χ2n) is 4.96. The molecule has 2 unspecified atom stereocenters. The van der Waals surface area contributed by atoms with Crippen LogP contribution in [-0.2, 0) is 11.0 Å². The molecule has 1 aliphatic rings. The average molecular weight is 313 g/mol. The quantitative estimate of drug-likeness (QED) is 0.832. The van der Waals surface area contributed by atoms with Gasteiger partial charge in [-0.2, -0.15) is 13.2 Å². The number of rotatable bonds is 3. The highest BCUT2D eigenvalue weighted by Crippen LogP contribution is 2.27. The molecule has 0 saturated heterocycles. The Balaban J connectivity index is 2.08. The molecule has 1 aromatic heterocycles. The summed E-state index contributed by atoms with van der Waals surface area (Å²) in [4.78, 5) is 26.6. The fraction of sp³-hybridized carbons (Fsp3) is 0.357. The molecule has 2 amide bonds. The molecule has 0 radical (unpaired) electrons. The van der Waals surface area contributed by atoms with Crippen LogP contribution in [0, 0.1) is 5.92 Å². The lowest BCUT2D eigenvalue weighted by atomic mass is 9.88. The second kappa shape index (κ2) is 6.17. The Kier molecular flexibility index (Phi) is 4.48. The van der Waals surface area contributed by atoms with Gasteiger partial charge in [0.05, 0.1) is 11.5 Å². The Morgan fingerprint density at radius 3 is 2.45 bits per heavy atom. The van der Waals surface area contributed by atoms with Crippen LogP contribution in [-0.4, -0.2) is 22.8 Å². The van der Waals surface area contributed by atoms with Crippen molar-refractivity contribution >= 4 is 11.8 Å². The third-order valence-corrected chi connectivity index (χ3v) is 3.43. The number of pyridine rings is 1. The van der Waals surface area contributed by atoms with Gasteiger partial charge in [0.2, 0.25) is 5.91 Å². The molecule has 0 bridgehead atoms. The van der Waals surface area contributed by atoms with Gasteiger partial charge in [-0.15, -0.1) is 0 Å². The summed E-state index contributed by atoms with van der Waals surface area (Å²) in [5.41, 5.74) is 4.20. The van der Waals surface area contributed by atoms with Crippen LogP contribution in [0.3, 0.4) is 0 Å². The number of amides is 2. The predicted octanol–water partition coefficient (Wildman–Crippen LogP) is 1.65. The summed E-state index contributed by atoms with van der Waals surface area (Å²) < 4.78 is 37.2. The molecule has 1 aliphatic carbocycles. The van der Waals surface area contributed by atoms with Gasteiger partial charge < -0.3 is 11.1 Å². The highest BCUT2D eigenvalue weighted by Gasteiger charge is 2.33. The van der Waals surface area contributed by atoms with Crippen molar-refractivity contribution in [2.45, 2.75) is 25.1 Å². The Morgan fingerprint density at radius 1 is 1.23 bits per heavy atom. The summed E-state index contributed by atoms with van der Waals surface area (Å²) in [5.74, 6) is -1.65. The molecule has 1 heterocycles. The van der Waals surface area contributed by atoms with Crippen LogP contribution >= 0.6 is 0 Å². The molecule has 5 nitrogen and oxygen atoms in total. The Labute approximate surface area is 124 Å². The minimum atomic E-state index is -4.56. The number of hydrogen-bond acceptors (Lipinski definition) is 3. The van der Waals surface area contributed by atoms with E-state index in [0.29, 0.717) is 12.8 Å². The van der Waals surface area contributed by atoms with E-state index >= 15 is 0 Å². The number of nitrogens with one attached hydrogen (secondary N) is 1. The molecule has 0 spiro atoms. The first-order chi connectivity index (χ1) is 10.3. The lowest BCUT2D eigenvalue weighted by Gasteiger charge is -2.26. The second-order valence-corrected chi connectivity index (χ2v) is 4.96. The Hall–Kier alpha value is -2.38. The van der Waals surface area contributed by atoms with Gasteiger partial charge in [-0.3, -0.25) is 14.6 Å². The van der Waals surface area contributed by atoms with Crippen molar-refractivity contribution in [3.63, 3.8) is 0 Å². The molecule has 2 rings (SSSR count). The van der Waals surface area contributed by atoms with E-state index in [1.54, 1.807) is 6.08 Å². The highest BCUT2D eigenvalue weighted by molar-refractivity contribution is 5.94. The van der Waals surface area contributed by atoms with Crippen LogP contribution in [0.15, 0.2) is 30.5 Å². The van der Waals surface area contributed by atoms with E-state index in [1.807, 2.05) is 6.08 Å². The minimum absolute atomic E-state index is 0.00854. The SMILES string of the molecule is NC(=O)C1CC=CCC1NC(=O)c1ccc(C(F)(F)F)nc1. The standard InChI is InChI=1S/C14H14F3N3O2/c15-14(16,17)11-6-5-8(7-19-11)13(22)20-10-4-2-1-3-9(10)12(18)21/h1-2,5-7,9-10H,3-4H2,(H2,18,21)(H,20,22). The summed E-state index contributed by atoms with van der Waals surface area (Å²) in [7, 11) is 0. The zero-order chi connectivity index (χ0) is 16.3. The molecule has 8 heteroatoms. The summed E-state index contributed by atoms with van der Waals surface area (Å²) in [6.45, 7) is 0. The predicted molar refractivity (Wildman–Crippen MR) is 71.6 cm³/mol. The molecule has 2 atom stereocenters. The average Bonchev–Trinajstić information content (AvgIpc) is 2.46. The Morgan fingerprint density at radius 2 is 1.91 bits per heavy atom. The number of alkyl halides is 3. The number of carbonyl (C=O) groups excluding carboxylic acids is 2. The van der Waals surface area contributed by atoms with Crippen LogP contribution in [0.2, 0.25) is 0 Å². The van der Waals surface area contributed by atoms with Gasteiger partial charge in [0.25, 0.3) is 5.91 Å². The zero-order valence-corrected chi connectivity index (χ0v) is 11.4. The van der Waals surface area contributed by atoms with Gasteiger partial charge >= 0.3 is 6.18 Å². The number of nitrogens with zero attached hydrogens (tertiary/aromatic N) is 1. The van der Waals surface area contributed by atoms with Crippen molar-refractivity contribution in [2.24, 2.45) is 11.7 Å². The van der Waals surface area contributed by atoms with Gasteiger partial charge in [-0.05, 0) is 25.0 Å². The molecular weight excluding hydrogens is 299 g/mol. The molecule has 0 aliphatic heterocycles. The van der Waals surface area contributed by atoms with Gasteiger partial charge in [0.15, 0.2) is 0 Å². The number of carbonyl (C=O) groups is 2. The zero-order valence-electron chi connectivity index (χ0n) is 11.4. The topological polar surface area (TPSA) is 85.1 Å². The lowest BCUT2D eigenvalue weighted by molar-refractivity contribution is -0.141. The monoisotopic (exact) mass is 313 g/mol. The maximum absolute atomic E-state index is 12.4. The molecule has 0 saturated carbocycles. The van der Waals surface area contributed by atoms with E-state index in [-0.39, 0.29) is 5.56 Å². The minimum Gasteiger partial charge on any atom is -0.369 e. The maximum atomic E-state index is 12.4. The molecule has 0 fully saturated rings. The summed E-state index contributed by atoms with van der Waals surface area (Å²) >= 11 is 0. The molecule has 0 aromatic carbocycles. The fourth-order valence-corrected chi connectivity index (χ4v) is 2.24. The number of allylic oxidation sites excluding steroid dienone is 1. The van der Waals surface area contributed by atoms with Crippen LogP contribution < -0.4 is 11.1 Å². The van der Waals surface area contributed by atoms with Crippen LogP contribution in [0.25, 0.3) is 0 Å². The summed E-state index contributed by atoms with van der Waals surface area (Å²) in [6.07, 6.45) is 0.780. The number of aromatic nitrogens is 1. The molecule has 1 aromatic rings. The van der Waals surface area contributed by atoms with Gasteiger partial charge in [-0.1, -0.05) is 12.2 Å². The first kappa shape index (κ1) is 16.0. The molecule has 22 heavy (non-hydrogen) atoms. The van der Waals surface area contributed by atoms with Crippen molar-refractivity contribution in [1.82, 2.24) is 10.3 Å². The van der Waals surface area contributed by atoms with E-state index < -0.39 is 35.6 Å². The number of hydrogen-bond donors (Lipinski definition) is 2. The fourth-order valence-electron chi connectivity index (χ4n) is 2.24.